The van der Waals surface area contributed by atoms with Gasteiger partial charge in [-0.1, -0.05) is 41.9 Å². The minimum absolute atomic E-state index is 0.280. The van der Waals surface area contributed by atoms with Crippen LogP contribution in [0.25, 0.3) is 0 Å². The third-order valence-corrected chi connectivity index (χ3v) is 4.70. The van der Waals surface area contributed by atoms with E-state index in [1.165, 1.54) is 23.1 Å². The van der Waals surface area contributed by atoms with E-state index in [1.54, 1.807) is 0 Å². The van der Waals surface area contributed by atoms with Crippen molar-refractivity contribution in [2.24, 2.45) is 11.8 Å². The topological polar surface area (TPSA) is 20.2 Å². The van der Waals surface area contributed by atoms with Gasteiger partial charge in [0.05, 0.1) is 6.10 Å². The van der Waals surface area contributed by atoms with Gasteiger partial charge in [0, 0.05) is 0 Å². The molecule has 0 bridgehead atoms. The van der Waals surface area contributed by atoms with Gasteiger partial charge in [0.15, 0.2) is 0 Å². The second kappa shape index (κ2) is 9.25. The Kier molecular flexibility index (Phi) is 8.03. The molecule has 0 radical (unpaired) electrons. The fourth-order valence-electron chi connectivity index (χ4n) is 3.18. The summed E-state index contributed by atoms with van der Waals surface area (Å²) in [6.45, 7) is 11.0. The van der Waals surface area contributed by atoms with E-state index >= 15 is 0 Å². The molecular formula is C20H34O. The summed E-state index contributed by atoms with van der Waals surface area (Å²) < 4.78 is 0. The molecule has 0 saturated heterocycles. The molecule has 1 heteroatoms. The van der Waals surface area contributed by atoms with Crippen LogP contribution in [0.2, 0.25) is 0 Å². The minimum atomic E-state index is -0.280. The Balaban J connectivity index is 2.74. The van der Waals surface area contributed by atoms with Gasteiger partial charge in [-0.25, -0.2) is 0 Å². The van der Waals surface area contributed by atoms with Crippen molar-refractivity contribution < 1.29 is 5.11 Å². The van der Waals surface area contributed by atoms with Gasteiger partial charge in [0.1, 0.15) is 0 Å². The van der Waals surface area contributed by atoms with Crippen molar-refractivity contribution >= 4 is 0 Å². The third-order valence-electron chi connectivity index (χ3n) is 4.70. The molecule has 1 aliphatic rings. The van der Waals surface area contributed by atoms with Crippen molar-refractivity contribution in [1.29, 1.82) is 0 Å². The second-order valence-electron chi connectivity index (χ2n) is 7.13. The Hall–Kier alpha value is -0.820. The molecule has 1 aliphatic carbocycles. The van der Waals surface area contributed by atoms with Crippen LogP contribution in [0.1, 0.15) is 73.1 Å². The zero-order valence-electron chi connectivity index (χ0n) is 14.7. The number of aliphatic hydroxyl groups excluding tert-OH is 1. The van der Waals surface area contributed by atoms with E-state index in [0.29, 0.717) is 11.8 Å². The van der Waals surface area contributed by atoms with E-state index in [-0.39, 0.29) is 6.10 Å². The monoisotopic (exact) mass is 290 g/mol. The fourth-order valence-corrected chi connectivity index (χ4v) is 3.18. The number of allylic oxidation sites excluding steroid dienone is 5. The molecule has 1 N–H and O–H groups in total. The Bertz CT molecular complexity index is 396. The van der Waals surface area contributed by atoms with Gasteiger partial charge in [-0.15, -0.1) is 0 Å². The summed E-state index contributed by atoms with van der Waals surface area (Å²) in [7, 11) is 0. The summed E-state index contributed by atoms with van der Waals surface area (Å²) in [4.78, 5) is 0. The molecule has 0 saturated carbocycles. The number of hydrogen-bond donors (Lipinski definition) is 1. The van der Waals surface area contributed by atoms with E-state index in [4.69, 9.17) is 0 Å². The molecule has 1 rings (SSSR count). The Morgan fingerprint density at radius 3 is 2.67 bits per heavy atom. The van der Waals surface area contributed by atoms with Crippen LogP contribution in [0.3, 0.4) is 0 Å². The zero-order chi connectivity index (χ0) is 15.8. The standard InChI is InChI=1S/C20H34O/c1-15(2)8-6-11-18(5)19-13-12-16(3)9-7-10-17(4)14-20(19)21/h8-9,14,18-21H,6-7,10-13H2,1-5H3/b16-9+,17-14+/t18-,19+,20+/m1/s1. The molecule has 21 heavy (non-hydrogen) atoms. The lowest BCUT2D eigenvalue weighted by molar-refractivity contribution is 0.106. The first-order chi connectivity index (χ1) is 9.90. The summed E-state index contributed by atoms with van der Waals surface area (Å²) in [6, 6.07) is 0. The molecule has 0 aliphatic heterocycles. The van der Waals surface area contributed by atoms with Gasteiger partial charge in [-0.05, 0) is 78.1 Å². The Morgan fingerprint density at radius 2 is 2.00 bits per heavy atom. The summed E-state index contributed by atoms with van der Waals surface area (Å²) in [5.74, 6) is 0.943. The van der Waals surface area contributed by atoms with Crippen LogP contribution in [0.15, 0.2) is 34.9 Å². The van der Waals surface area contributed by atoms with Crippen molar-refractivity contribution in [2.75, 3.05) is 0 Å². The third kappa shape index (κ3) is 7.13. The molecule has 3 atom stereocenters. The maximum Gasteiger partial charge on any atom is 0.0754 e. The molecule has 1 nitrogen and oxygen atoms in total. The highest BCUT2D eigenvalue weighted by Gasteiger charge is 2.23. The summed E-state index contributed by atoms with van der Waals surface area (Å²) in [5, 5.41) is 10.6. The molecule has 0 fully saturated rings. The van der Waals surface area contributed by atoms with Crippen molar-refractivity contribution in [1.82, 2.24) is 0 Å². The van der Waals surface area contributed by atoms with Gasteiger partial charge in [0.25, 0.3) is 0 Å². The second-order valence-corrected chi connectivity index (χ2v) is 7.13. The summed E-state index contributed by atoms with van der Waals surface area (Å²) in [6.07, 6.45) is 13.2. The van der Waals surface area contributed by atoms with E-state index in [1.807, 2.05) is 0 Å². The average Bonchev–Trinajstić information content (AvgIpc) is 2.37. The van der Waals surface area contributed by atoms with Crippen molar-refractivity contribution in [3.63, 3.8) is 0 Å². The van der Waals surface area contributed by atoms with E-state index < -0.39 is 0 Å². The number of rotatable bonds is 4. The Labute approximate surface area is 131 Å². The molecule has 0 aromatic heterocycles. The van der Waals surface area contributed by atoms with Gasteiger partial charge < -0.3 is 5.11 Å². The lowest BCUT2D eigenvalue weighted by atomic mass is 9.80. The fraction of sp³-hybridized carbons (Fsp3) is 0.700. The highest BCUT2D eigenvalue weighted by atomic mass is 16.3. The molecule has 0 aromatic rings. The van der Waals surface area contributed by atoms with Crippen molar-refractivity contribution in [3.8, 4) is 0 Å². The van der Waals surface area contributed by atoms with E-state index in [9.17, 15) is 5.11 Å². The highest BCUT2D eigenvalue weighted by molar-refractivity contribution is 5.09. The van der Waals surface area contributed by atoms with Crippen molar-refractivity contribution in [3.05, 3.63) is 34.9 Å². The van der Waals surface area contributed by atoms with Gasteiger partial charge >= 0.3 is 0 Å². The maximum atomic E-state index is 10.6. The molecule has 0 unspecified atom stereocenters. The molecule has 120 valence electrons. The lowest BCUT2D eigenvalue weighted by Gasteiger charge is -2.28. The SMILES string of the molecule is CC(C)=CCC[C@@H](C)[C@@H]1CC/C(C)=C/CC/C(C)=C/[C@@H]1O. The molecule has 0 heterocycles. The quantitative estimate of drug-likeness (QED) is 0.647. The normalized spacial score (nSPS) is 30.6. The van der Waals surface area contributed by atoms with Crippen LogP contribution in [-0.2, 0) is 0 Å². The Morgan fingerprint density at radius 1 is 1.29 bits per heavy atom. The first-order valence-corrected chi connectivity index (χ1v) is 8.54. The summed E-state index contributed by atoms with van der Waals surface area (Å²) >= 11 is 0. The van der Waals surface area contributed by atoms with Crippen LogP contribution in [-0.4, -0.2) is 11.2 Å². The highest BCUT2D eigenvalue weighted by Crippen LogP contribution is 2.30. The van der Waals surface area contributed by atoms with Crippen LogP contribution in [0.5, 0.6) is 0 Å². The first-order valence-electron chi connectivity index (χ1n) is 8.54. The average molecular weight is 290 g/mol. The predicted octanol–water partition coefficient (Wildman–Crippen LogP) is 5.81. The first kappa shape index (κ1) is 18.2. The van der Waals surface area contributed by atoms with E-state index in [0.717, 1.165) is 32.1 Å². The van der Waals surface area contributed by atoms with Crippen molar-refractivity contribution in [2.45, 2.75) is 79.2 Å². The number of aliphatic hydroxyl groups is 1. The van der Waals surface area contributed by atoms with Crippen LogP contribution in [0.4, 0.5) is 0 Å². The molecular weight excluding hydrogens is 256 g/mol. The largest absolute Gasteiger partial charge is 0.389 e. The maximum absolute atomic E-state index is 10.6. The molecule has 0 amide bonds. The van der Waals surface area contributed by atoms with Gasteiger partial charge in [-0.3, -0.25) is 0 Å². The zero-order valence-corrected chi connectivity index (χ0v) is 14.7. The summed E-state index contributed by atoms with van der Waals surface area (Å²) in [5.41, 5.74) is 4.21. The van der Waals surface area contributed by atoms with Gasteiger partial charge in [-0.2, -0.15) is 0 Å². The smallest absolute Gasteiger partial charge is 0.0754 e. The predicted molar refractivity (Wildman–Crippen MR) is 93.3 cm³/mol. The van der Waals surface area contributed by atoms with Crippen LogP contribution >= 0.6 is 0 Å². The molecule has 0 spiro atoms. The lowest BCUT2D eigenvalue weighted by Crippen LogP contribution is -2.25. The van der Waals surface area contributed by atoms with Crippen LogP contribution < -0.4 is 0 Å². The van der Waals surface area contributed by atoms with Crippen LogP contribution in [0, 0.1) is 11.8 Å². The minimum Gasteiger partial charge on any atom is -0.389 e. The molecule has 0 aromatic carbocycles. The number of hydrogen-bond acceptors (Lipinski definition) is 1. The van der Waals surface area contributed by atoms with E-state index in [2.05, 4.69) is 52.8 Å². The van der Waals surface area contributed by atoms with Gasteiger partial charge in [0.2, 0.25) is 0 Å².